The average molecular weight is 213 g/mol. The molecule has 0 aromatic rings. The monoisotopic (exact) mass is 213 g/mol. The molecule has 0 saturated heterocycles. The molecule has 0 aromatic carbocycles. The number of nitrogens with two attached hydrogens (primary N) is 1. The Kier molecular flexibility index (Phi) is 3.71. The predicted molar refractivity (Wildman–Crippen MR) is 53.1 cm³/mol. The lowest BCUT2D eigenvalue weighted by molar-refractivity contribution is -0.136. The fraction of sp³-hybridized carbons (Fsp3) is 0.600. The van der Waals surface area contributed by atoms with Crippen LogP contribution in [0.3, 0.4) is 0 Å². The van der Waals surface area contributed by atoms with Gasteiger partial charge in [0.15, 0.2) is 0 Å². The first kappa shape index (κ1) is 11.6. The lowest BCUT2D eigenvalue weighted by Crippen LogP contribution is -2.24. The third-order valence-corrected chi connectivity index (χ3v) is 2.76. The number of carboxylic acid groups (broad SMARTS) is 2. The molecule has 1 aliphatic rings. The molecule has 0 atom stereocenters. The number of carboxylic acids is 2. The smallest absolute Gasteiger partial charge is 0.352 e. The van der Waals surface area contributed by atoms with Crippen molar-refractivity contribution in [3.05, 3.63) is 11.3 Å². The Labute approximate surface area is 87.6 Å². The first-order valence-electron chi connectivity index (χ1n) is 5.00. The van der Waals surface area contributed by atoms with E-state index in [4.69, 9.17) is 15.9 Å². The Morgan fingerprint density at radius 3 is 1.93 bits per heavy atom. The van der Waals surface area contributed by atoms with Gasteiger partial charge in [-0.3, -0.25) is 0 Å². The van der Waals surface area contributed by atoms with E-state index in [0.717, 1.165) is 32.1 Å². The standard InChI is InChI=1S/C10H15NO4/c11-8(10(14)15)7(9(12)13)6-4-2-1-3-5-6/h6H,1-5,11H2,(H,12,13)(H,14,15)/b8-7+. The Bertz CT molecular complexity index is 303. The summed E-state index contributed by atoms with van der Waals surface area (Å²) in [6.07, 6.45) is 4.39. The van der Waals surface area contributed by atoms with E-state index in [1.807, 2.05) is 0 Å². The molecule has 4 N–H and O–H groups in total. The molecule has 0 aliphatic heterocycles. The molecule has 1 fully saturated rings. The summed E-state index contributed by atoms with van der Waals surface area (Å²) in [5, 5.41) is 17.6. The second kappa shape index (κ2) is 4.82. The van der Waals surface area contributed by atoms with E-state index in [-0.39, 0.29) is 11.5 Å². The molecule has 0 radical (unpaired) electrons. The SMILES string of the molecule is N/C(C(=O)O)=C(/C(=O)O)C1CCCCC1. The van der Waals surface area contributed by atoms with Crippen LogP contribution in [0.15, 0.2) is 11.3 Å². The maximum atomic E-state index is 10.9. The van der Waals surface area contributed by atoms with E-state index in [2.05, 4.69) is 0 Å². The molecule has 1 saturated carbocycles. The summed E-state index contributed by atoms with van der Waals surface area (Å²) >= 11 is 0. The second-order valence-corrected chi connectivity index (χ2v) is 3.77. The van der Waals surface area contributed by atoms with Crippen molar-refractivity contribution in [1.82, 2.24) is 0 Å². The van der Waals surface area contributed by atoms with Crippen molar-refractivity contribution in [3.63, 3.8) is 0 Å². The van der Waals surface area contributed by atoms with Crippen LogP contribution in [-0.4, -0.2) is 22.2 Å². The summed E-state index contributed by atoms with van der Waals surface area (Å²) in [5.41, 5.74) is 4.65. The lowest BCUT2D eigenvalue weighted by Gasteiger charge is -2.22. The zero-order valence-corrected chi connectivity index (χ0v) is 8.40. The van der Waals surface area contributed by atoms with Gasteiger partial charge in [0.25, 0.3) is 0 Å². The van der Waals surface area contributed by atoms with Gasteiger partial charge in [0.1, 0.15) is 5.70 Å². The molecule has 0 unspecified atom stereocenters. The highest BCUT2D eigenvalue weighted by Gasteiger charge is 2.27. The molecule has 0 heterocycles. The van der Waals surface area contributed by atoms with Crippen LogP contribution in [0.2, 0.25) is 0 Å². The Balaban J connectivity index is 2.95. The van der Waals surface area contributed by atoms with E-state index >= 15 is 0 Å². The summed E-state index contributed by atoms with van der Waals surface area (Å²) in [7, 11) is 0. The quantitative estimate of drug-likeness (QED) is 0.606. The van der Waals surface area contributed by atoms with Gasteiger partial charge >= 0.3 is 11.9 Å². The van der Waals surface area contributed by atoms with Crippen LogP contribution >= 0.6 is 0 Å². The van der Waals surface area contributed by atoms with Gasteiger partial charge in [-0.05, 0) is 18.8 Å². The number of hydrogen-bond donors (Lipinski definition) is 3. The maximum absolute atomic E-state index is 10.9. The highest BCUT2D eigenvalue weighted by molar-refractivity contribution is 5.98. The summed E-state index contributed by atoms with van der Waals surface area (Å²) in [4.78, 5) is 21.6. The highest BCUT2D eigenvalue weighted by atomic mass is 16.4. The molecule has 15 heavy (non-hydrogen) atoms. The summed E-state index contributed by atoms with van der Waals surface area (Å²) in [6, 6.07) is 0. The lowest BCUT2D eigenvalue weighted by atomic mass is 9.83. The fourth-order valence-corrected chi connectivity index (χ4v) is 2.02. The molecule has 0 spiro atoms. The molecule has 0 amide bonds. The third kappa shape index (κ3) is 2.71. The van der Waals surface area contributed by atoms with Crippen molar-refractivity contribution in [2.45, 2.75) is 32.1 Å². The van der Waals surface area contributed by atoms with Crippen molar-refractivity contribution in [2.75, 3.05) is 0 Å². The Morgan fingerprint density at radius 2 is 1.53 bits per heavy atom. The van der Waals surface area contributed by atoms with Gasteiger partial charge in [-0.1, -0.05) is 19.3 Å². The number of hydrogen-bond acceptors (Lipinski definition) is 3. The average Bonchev–Trinajstić information content (AvgIpc) is 2.18. The number of carbonyl (C=O) groups is 2. The minimum Gasteiger partial charge on any atom is -0.478 e. The van der Waals surface area contributed by atoms with Crippen molar-refractivity contribution in [3.8, 4) is 0 Å². The van der Waals surface area contributed by atoms with Crippen molar-refractivity contribution in [1.29, 1.82) is 0 Å². The molecule has 0 bridgehead atoms. The topological polar surface area (TPSA) is 101 Å². The van der Waals surface area contributed by atoms with Gasteiger partial charge < -0.3 is 15.9 Å². The molecule has 5 nitrogen and oxygen atoms in total. The minimum atomic E-state index is -1.35. The molecular formula is C10H15NO4. The minimum absolute atomic E-state index is 0.123. The number of aliphatic carboxylic acids is 2. The zero-order chi connectivity index (χ0) is 11.4. The van der Waals surface area contributed by atoms with Crippen LogP contribution < -0.4 is 5.73 Å². The summed E-state index contributed by atoms with van der Waals surface area (Å²) < 4.78 is 0. The van der Waals surface area contributed by atoms with E-state index in [1.165, 1.54) is 0 Å². The van der Waals surface area contributed by atoms with Crippen LogP contribution in [0.1, 0.15) is 32.1 Å². The third-order valence-electron chi connectivity index (χ3n) is 2.76. The zero-order valence-electron chi connectivity index (χ0n) is 8.40. The van der Waals surface area contributed by atoms with E-state index < -0.39 is 17.6 Å². The molecule has 84 valence electrons. The van der Waals surface area contributed by atoms with Gasteiger partial charge in [0, 0.05) is 0 Å². The fourth-order valence-electron chi connectivity index (χ4n) is 2.02. The van der Waals surface area contributed by atoms with E-state index in [0.29, 0.717) is 0 Å². The Hall–Kier alpha value is -1.52. The summed E-state index contributed by atoms with van der Waals surface area (Å²) in [6.45, 7) is 0. The van der Waals surface area contributed by atoms with Crippen LogP contribution in [0.5, 0.6) is 0 Å². The van der Waals surface area contributed by atoms with E-state index in [9.17, 15) is 9.59 Å². The van der Waals surface area contributed by atoms with Gasteiger partial charge in [-0.25, -0.2) is 9.59 Å². The van der Waals surface area contributed by atoms with Crippen molar-refractivity contribution >= 4 is 11.9 Å². The van der Waals surface area contributed by atoms with Crippen molar-refractivity contribution < 1.29 is 19.8 Å². The second-order valence-electron chi connectivity index (χ2n) is 3.77. The molecule has 1 rings (SSSR count). The van der Waals surface area contributed by atoms with Gasteiger partial charge in [0.2, 0.25) is 0 Å². The van der Waals surface area contributed by atoms with Crippen LogP contribution in [0, 0.1) is 5.92 Å². The van der Waals surface area contributed by atoms with Crippen LogP contribution in [-0.2, 0) is 9.59 Å². The van der Waals surface area contributed by atoms with Crippen LogP contribution in [0.4, 0.5) is 0 Å². The first-order chi connectivity index (χ1) is 7.04. The summed E-state index contributed by atoms with van der Waals surface area (Å²) in [5.74, 6) is -2.76. The molecular weight excluding hydrogens is 198 g/mol. The predicted octanol–water partition coefficient (Wildman–Crippen LogP) is 0.949. The molecule has 0 aromatic heterocycles. The van der Waals surface area contributed by atoms with Gasteiger partial charge in [-0.2, -0.15) is 0 Å². The largest absolute Gasteiger partial charge is 0.478 e. The van der Waals surface area contributed by atoms with Gasteiger partial charge in [-0.15, -0.1) is 0 Å². The highest BCUT2D eigenvalue weighted by Crippen LogP contribution is 2.30. The molecule has 5 heteroatoms. The normalized spacial score (nSPS) is 19.5. The van der Waals surface area contributed by atoms with Crippen molar-refractivity contribution in [2.24, 2.45) is 11.7 Å². The molecule has 1 aliphatic carbocycles. The maximum Gasteiger partial charge on any atom is 0.352 e. The van der Waals surface area contributed by atoms with Gasteiger partial charge in [0.05, 0.1) is 5.57 Å². The van der Waals surface area contributed by atoms with Crippen LogP contribution in [0.25, 0.3) is 0 Å². The van der Waals surface area contributed by atoms with E-state index in [1.54, 1.807) is 0 Å². The number of rotatable bonds is 3. The first-order valence-corrected chi connectivity index (χ1v) is 5.00. The Morgan fingerprint density at radius 1 is 1.00 bits per heavy atom.